The number of ketones is 1. The normalized spacial score (nSPS) is 16.5. The van der Waals surface area contributed by atoms with Gasteiger partial charge in [-0.05, 0) is 38.3 Å². The van der Waals surface area contributed by atoms with Crippen molar-refractivity contribution in [2.45, 2.75) is 39.2 Å². The van der Waals surface area contributed by atoms with Crippen molar-refractivity contribution in [3.05, 3.63) is 23.5 Å². The Labute approximate surface area is 101 Å². The third-order valence-electron chi connectivity index (χ3n) is 3.16. The van der Waals surface area contributed by atoms with Crippen LogP contribution in [-0.2, 0) is 16.0 Å². The van der Waals surface area contributed by atoms with Crippen molar-refractivity contribution in [3.8, 4) is 0 Å². The number of Topliss-reactive ketones (excluding diaryl/α,β-unsaturated/α-hetero) is 1. The number of fused-ring (bicyclic) bond motifs is 1. The van der Waals surface area contributed by atoms with Gasteiger partial charge in [-0.25, -0.2) is 4.79 Å². The molecule has 0 amide bonds. The summed E-state index contributed by atoms with van der Waals surface area (Å²) >= 11 is 0. The molecule has 1 aliphatic rings. The quantitative estimate of drug-likeness (QED) is 0.754. The standard InChI is InChI=1S/C13H17NO3/c1-3-17-13(16)9(2)14-8-7-10-5-4-6-11(15)12(10)14/h7-9H,3-6H2,1-2H3/t9-/m0/s1. The van der Waals surface area contributed by atoms with Gasteiger partial charge in [0, 0.05) is 12.6 Å². The lowest BCUT2D eigenvalue weighted by atomic mass is 9.97. The van der Waals surface area contributed by atoms with Crippen LogP contribution in [0.4, 0.5) is 0 Å². The molecule has 0 radical (unpaired) electrons. The summed E-state index contributed by atoms with van der Waals surface area (Å²) in [5, 5.41) is 0. The summed E-state index contributed by atoms with van der Waals surface area (Å²) < 4.78 is 6.73. The van der Waals surface area contributed by atoms with Crippen molar-refractivity contribution >= 4 is 11.8 Å². The van der Waals surface area contributed by atoms with E-state index >= 15 is 0 Å². The van der Waals surface area contributed by atoms with Crippen LogP contribution in [0.1, 0.15) is 48.8 Å². The highest BCUT2D eigenvalue weighted by Crippen LogP contribution is 2.25. The Morgan fingerprint density at radius 2 is 2.29 bits per heavy atom. The van der Waals surface area contributed by atoms with Crippen molar-refractivity contribution in [1.29, 1.82) is 0 Å². The van der Waals surface area contributed by atoms with Crippen molar-refractivity contribution in [2.75, 3.05) is 6.61 Å². The van der Waals surface area contributed by atoms with E-state index in [1.54, 1.807) is 18.4 Å². The molecule has 0 saturated carbocycles. The first-order valence-corrected chi connectivity index (χ1v) is 6.04. The Hall–Kier alpha value is -1.58. The van der Waals surface area contributed by atoms with Crippen LogP contribution in [-0.4, -0.2) is 22.9 Å². The van der Waals surface area contributed by atoms with E-state index in [1.807, 2.05) is 12.3 Å². The molecule has 4 nitrogen and oxygen atoms in total. The van der Waals surface area contributed by atoms with Crippen LogP contribution in [0.5, 0.6) is 0 Å². The fraction of sp³-hybridized carbons (Fsp3) is 0.538. The average Bonchev–Trinajstić information content (AvgIpc) is 2.73. The summed E-state index contributed by atoms with van der Waals surface area (Å²) in [5.74, 6) is -0.156. The molecule has 92 valence electrons. The minimum Gasteiger partial charge on any atom is -0.464 e. The predicted octanol–water partition coefficient (Wildman–Crippen LogP) is 2.13. The van der Waals surface area contributed by atoms with E-state index in [0.717, 1.165) is 18.4 Å². The Morgan fingerprint density at radius 1 is 1.53 bits per heavy atom. The Morgan fingerprint density at radius 3 is 3.00 bits per heavy atom. The minimum atomic E-state index is -0.430. The maximum absolute atomic E-state index is 11.9. The smallest absolute Gasteiger partial charge is 0.328 e. The van der Waals surface area contributed by atoms with Gasteiger partial charge in [0.15, 0.2) is 5.78 Å². The Bertz CT molecular complexity index is 448. The number of rotatable bonds is 3. The molecule has 2 rings (SSSR count). The van der Waals surface area contributed by atoms with Crippen LogP contribution < -0.4 is 0 Å². The lowest BCUT2D eigenvalue weighted by molar-refractivity contribution is -0.146. The second kappa shape index (κ2) is 4.73. The number of ether oxygens (including phenoxy) is 1. The number of aromatic nitrogens is 1. The number of aryl methyl sites for hydroxylation is 1. The summed E-state index contributed by atoms with van der Waals surface area (Å²) in [6.07, 6.45) is 4.22. The number of carbonyl (C=O) groups excluding carboxylic acids is 2. The second-order valence-electron chi connectivity index (χ2n) is 4.30. The van der Waals surface area contributed by atoms with E-state index in [-0.39, 0.29) is 11.8 Å². The summed E-state index contributed by atoms with van der Waals surface area (Å²) in [4.78, 5) is 23.6. The van der Waals surface area contributed by atoms with Crippen LogP contribution in [0, 0.1) is 0 Å². The molecule has 0 N–H and O–H groups in total. The van der Waals surface area contributed by atoms with Crippen LogP contribution in [0.25, 0.3) is 0 Å². The Balaban J connectivity index is 2.30. The molecular weight excluding hydrogens is 218 g/mol. The van der Waals surface area contributed by atoms with Crippen molar-refractivity contribution in [1.82, 2.24) is 4.57 Å². The highest BCUT2D eigenvalue weighted by Gasteiger charge is 2.26. The first-order valence-electron chi connectivity index (χ1n) is 6.04. The molecule has 0 bridgehead atoms. The second-order valence-corrected chi connectivity index (χ2v) is 4.30. The van der Waals surface area contributed by atoms with Gasteiger partial charge in [-0.15, -0.1) is 0 Å². The fourth-order valence-electron chi connectivity index (χ4n) is 2.27. The monoisotopic (exact) mass is 235 g/mol. The van der Waals surface area contributed by atoms with Crippen LogP contribution in [0.2, 0.25) is 0 Å². The summed E-state index contributed by atoms with van der Waals surface area (Å²) in [6.45, 7) is 3.90. The largest absolute Gasteiger partial charge is 0.464 e. The lowest BCUT2D eigenvalue weighted by Gasteiger charge is -2.18. The molecule has 1 atom stereocenters. The molecule has 0 aliphatic heterocycles. The molecule has 17 heavy (non-hydrogen) atoms. The van der Waals surface area contributed by atoms with Gasteiger partial charge in [0.05, 0.1) is 12.3 Å². The number of hydrogen-bond donors (Lipinski definition) is 0. The minimum absolute atomic E-state index is 0.132. The van der Waals surface area contributed by atoms with Crippen molar-refractivity contribution in [2.24, 2.45) is 0 Å². The molecule has 0 unspecified atom stereocenters. The van der Waals surface area contributed by atoms with Crippen molar-refractivity contribution < 1.29 is 14.3 Å². The molecule has 4 heteroatoms. The lowest BCUT2D eigenvalue weighted by Crippen LogP contribution is -2.23. The molecule has 1 heterocycles. The molecule has 1 aliphatic carbocycles. The van der Waals surface area contributed by atoms with E-state index in [0.29, 0.717) is 18.7 Å². The van der Waals surface area contributed by atoms with Gasteiger partial charge in [-0.2, -0.15) is 0 Å². The summed E-state index contributed by atoms with van der Waals surface area (Å²) in [7, 11) is 0. The number of nitrogens with zero attached hydrogens (tertiary/aromatic N) is 1. The maximum Gasteiger partial charge on any atom is 0.328 e. The molecule has 0 saturated heterocycles. The molecule has 0 aromatic carbocycles. The molecule has 1 aromatic heterocycles. The predicted molar refractivity (Wildman–Crippen MR) is 63.0 cm³/mol. The average molecular weight is 235 g/mol. The number of carbonyl (C=O) groups is 2. The van der Waals surface area contributed by atoms with Crippen LogP contribution in [0.15, 0.2) is 12.3 Å². The zero-order valence-electron chi connectivity index (χ0n) is 10.2. The molecule has 1 aromatic rings. The van der Waals surface area contributed by atoms with E-state index in [4.69, 9.17) is 4.74 Å². The van der Waals surface area contributed by atoms with Gasteiger partial charge >= 0.3 is 5.97 Å². The molecule has 0 fully saturated rings. The summed E-state index contributed by atoms with van der Waals surface area (Å²) in [6, 6.07) is 1.50. The van der Waals surface area contributed by atoms with Crippen LogP contribution in [0.3, 0.4) is 0 Å². The third kappa shape index (κ3) is 2.12. The van der Waals surface area contributed by atoms with E-state index in [9.17, 15) is 9.59 Å². The fourth-order valence-corrected chi connectivity index (χ4v) is 2.27. The molecular formula is C13H17NO3. The zero-order chi connectivity index (χ0) is 12.4. The van der Waals surface area contributed by atoms with Gasteiger partial charge < -0.3 is 9.30 Å². The van der Waals surface area contributed by atoms with E-state index < -0.39 is 6.04 Å². The van der Waals surface area contributed by atoms with Gasteiger partial charge in [0.2, 0.25) is 0 Å². The van der Waals surface area contributed by atoms with Gasteiger partial charge in [0.1, 0.15) is 6.04 Å². The highest BCUT2D eigenvalue weighted by atomic mass is 16.5. The third-order valence-corrected chi connectivity index (χ3v) is 3.16. The SMILES string of the molecule is CCOC(=O)[C@H](C)n1ccc2c1C(=O)CCC2. The first kappa shape index (κ1) is 11.9. The molecule has 0 spiro atoms. The van der Waals surface area contributed by atoms with Gasteiger partial charge in [0.25, 0.3) is 0 Å². The number of esters is 1. The van der Waals surface area contributed by atoms with Crippen molar-refractivity contribution in [3.63, 3.8) is 0 Å². The zero-order valence-corrected chi connectivity index (χ0v) is 10.2. The van der Waals surface area contributed by atoms with E-state index in [1.165, 1.54) is 0 Å². The first-order chi connectivity index (χ1) is 8.15. The maximum atomic E-state index is 11.9. The van der Waals surface area contributed by atoms with E-state index in [2.05, 4.69) is 0 Å². The number of hydrogen-bond acceptors (Lipinski definition) is 3. The highest BCUT2D eigenvalue weighted by molar-refractivity contribution is 5.97. The van der Waals surface area contributed by atoms with Gasteiger partial charge in [-0.1, -0.05) is 0 Å². The van der Waals surface area contributed by atoms with Gasteiger partial charge in [-0.3, -0.25) is 4.79 Å². The van der Waals surface area contributed by atoms with Crippen LogP contribution >= 0.6 is 0 Å². The topological polar surface area (TPSA) is 48.3 Å². The summed E-state index contributed by atoms with van der Waals surface area (Å²) in [5.41, 5.74) is 1.74. The Kier molecular flexibility index (Phi) is 3.31.